The van der Waals surface area contributed by atoms with Crippen molar-refractivity contribution in [3.8, 4) is 17.2 Å². The number of nitro groups is 1. The molecule has 0 aliphatic carbocycles. The van der Waals surface area contributed by atoms with Crippen molar-refractivity contribution in [3.63, 3.8) is 0 Å². The average molecular weight is 378 g/mol. The van der Waals surface area contributed by atoms with Gasteiger partial charge in [0.05, 0.1) is 12.0 Å². The highest BCUT2D eigenvalue weighted by Crippen LogP contribution is 2.26. The molecule has 0 fully saturated rings. The summed E-state index contributed by atoms with van der Waals surface area (Å²) in [6.45, 7) is 1.98. The Hall–Kier alpha value is -3.87. The van der Waals surface area contributed by atoms with Crippen LogP contribution in [0.4, 0.5) is 11.4 Å². The molecule has 0 aromatic heterocycles. The third-order valence-electron chi connectivity index (χ3n) is 3.98. The number of nitrogens with zero attached hydrogens (tertiary/aromatic N) is 1. The van der Waals surface area contributed by atoms with Crippen LogP contribution in [0.15, 0.2) is 66.7 Å². The Bertz CT molecular complexity index is 1020. The standard InChI is InChI=1S/C21H18N2O5/c1-14-4-3-5-18(12-14)28-16-8-6-15(7-9-16)22-21(24)19-13-17(27-2)10-11-20(19)23(25)26/h3-13H,1-2H3,(H,22,24). The van der Waals surface area contributed by atoms with E-state index in [0.717, 1.165) is 5.56 Å². The Kier molecular flexibility index (Phi) is 5.55. The second-order valence-corrected chi connectivity index (χ2v) is 6.04. The Balaban J connectivity index is 1.75. The predicted octanol–water partition coefficient (Wildman–Crippen LogP) is 4.96. The number of aryl methyl sites for hydroxylation is 1. The molecular weight excluding hydrogens is 360 g/mol. The summed E-state index contributed by atoms with van der Waals surface area (Å²) in [4.78, 5) is 23.1. The van der Waals surface area contributed by atoms with Gasteiger partial charge in [-0.15, -0.1) is 0 Å². The van der Waals surface area contributed by atoms with E-state index < -0.39 is 10.8 Å². The lowest BCUT2D eigenvalue weighted by molar-refractivity contribution is -0.385. The largest absolute Gasteiger partial charge is 0.497 e. The number of hydrogen-bond donors (Lipinski definition) is 1. The third kappa shape index (κ3) is 4.45. The van der Waals surface area contributed by atoms with E-state index in [1.54, 1.807) is 24.3 Å². The van der Waals surface area contributed by atoms with E-state index in [1.165, 1.54) is 25.3 Å². The van der Waals surface area contributed by atoms with Crippen molar-refractivity contribution in [1.29, 1.82) is 0 Å². The topological polar surface area (TPSA) is 90.7 Å². The SMILES string of the molecule is COc1ccc([N+](=O)[O-])c(C(=O)Nc2ccc(Oc3cccc(C)c3)cc2)c1. The van der Waals surface area contributed by atoms with Crippen LogP contribution >= 0.6 is 0 Å². The maximum Gasteiger partial charge on any atom is 0.282 e. The van der Waals surface area contributed by atoms with Crippen LogP contribution in [0, 0.1) is 17.0 Å². The molecule has 0 heterocycles. The van der Waals surface area contributed by atoms with E-state index in [4.69, 9.17) is 9.47 Å². The molecule has 0 aliphatic rings. The van der Waals surface area contributed by atoms with Crippen LogP contribution in [-0.4, -0.2) is 17.9 Å². The quantitative estimate of drug-likeness (QED) is 0.484. The summed E-state index contributed by atoms with van der Waals surface area (Å²) < 4.78 is 10.8. The van der Waals surface area contributed by atoms with Crippen LogP contribution in [0.2, 0.25) is 0 Å². The van der Waals surface area contributed by atoms with Gasteiger partial charge in [-0.25, -0.2) is 0 Å². The van der Waals surface area contributed by atoms with Gasteiger partial charge in [0.25, 0.3) is 11.6 Å². The van der Waals surface area contributed by atoms with Gasteiger partial charge in [-0.3, -0.25) is 14.9 Å². The van der Waals surface area contributed by atoms with E-state index in [9.17, 15) is 14.9 Å². The zero-order chi connectivity index (χ0) is 20.1. The molecule has 7 nitrogen and oxygen atoms in total. The maximum absolute atomic E-state index is 12.5. The number of anilines is 1. The van der Waals surface area contributed by atoms with E-state index >= 15 is 0 Å². The van der Waals surface area contributed by atoms with Crippen LogP contribution < -0.4 is 14.8 Å². The second kappa shape index (κ2) is 8.22. The molecule has 3 rings (SSSR count). The smallest absolute Gasteiger partial charge is 0.282 e. The fourth-order valence-electron chi connectivity index (χ4n) is 2.60. The number of nitrogens with one attached hydrogen (secondary N) is 1. The van der Waals surface area contributed by atoms with Gasteiger partial charge in [0.2, 0.25) is 0 Å². The average Bonchev–Trinajstić information content (AvgIpc) is 2.69. The van der Waals surface area contributed by atoms with E-state index in [1.807, 2.05) is 31.2 Å². The molecule has 3 aromatic carbocycles. The first-order chi connectivity index (χ1) is 13.5. The third-order valence-corrected chi connectivity index (χ3v) is 3.98. The Morgan fingerprint density at radius 1 is 0.964 bits per heavy atom. The summed E-state index contributed by atoms with van der Waals surface area (Å²) >= 11 is 0. The molecule has 28 heavy (non-hydrogen) atoms. The summed E-state index contributed by atoms with van der Waals surface area (Å²) in [7, 11) is 1.43. The molecule has 0 spiro atoms. The van der Waals surface area contributed by atoms with Gasteiger partial charge >= 0.3 is 0 Å². The molecule has 1 amide bonds. The van der Waals surface area contributed by atoms with Gasteiger partial charge in [0.15, 0.2) is 0 Å². The normalized spacial score (nSPS) is 10.2. The number of hydrogen-bond acceptors (Lipinski definition) is 5. The first kappa shape index (κ1) is 18.9. The Morgan fingerprint density at radius 3 is 2.32 bits per heavy atom. The summed E-state index contributed by atoms with van der Waals surface area (Å²) in [5.41, 5.74) is 1.20. The molecule has 3 aromatic rings. The number of carbonyl (C=O) groups is 1. The fraction of sp³-hybridized carbons (Fsp3) is 0.0952. The fourth-order valence-corrected chi connectivity index (χ4v) is 2.60. The van der Waals surface area contributed by atoms with Crippen molar-refractivity contribution in [1.82, 2.24) is 0 Å². The minimum Gasteiger partial charge on any atom is -0.497 e. The number of benzene rings is 3. The van der Waals surface area contributed by atoms with Crippen molar-refractivity contribution >= 4 is 17.3 Å². The summed E-state index contributed by atoms with van der Waals surface area (Å²) in [6, 6.07) is 18.4. The zero-order valence-corrected chi connectivity index (χ0v) is 15.3. The monoisotopic (exact) mass is 378 g/mol. The highest BCUT2D eigenvalue weighted by atomic mass is 16.6. The Labute approximate surface area is 161 Å². The Morgan fingerprint density at radius 2 is 1.68 bits per heavy atom. The zero-order valence-electron chi connectivity index (χ0n) is 15.3. The highest BCUT2D eigenvalue weighted by Gasteiger charge is 2.21. The lowest BCUT2D eigenvalue weighted by Gasteiger charge is -2.09. The molecule has 0 atom stereocenters. The molecular formula is C21H18N2O5. The highest BCUT2D eigenvalue weighted by molar-refractivity contribution is 6.07. The number of methoxy groups -OCH3 is 1. The van der Waals surface area contributed by atoms with Gasteiger partial charge in [0, 0.05) is 11.8 Å². The van der Waals surface area contributed by atoms with Crippen LogP contribution in [0.3, 0.4) is 0 Å². The minimum absolute atomic E-state index is 0.0792. The van der Waals surface area contributed by atoms with Gasteiger partial charge < -0.3 is 14.8 Å². The van der Waals surface area contributed by atoms with Crippen molar-refractivity contribution < 1.29 is 19.2 Å². The number of ether oxygens (including phenoxy) is 2. The molecule has 0 saturated heterocycles. The van der Waals surface area contributed by atoms with Crippen molar-refractivity contribution in [2.45, 2.75) is 6.92 Å². The molecule has 0 radical (unpaired) electrons. The molecule has 7 heteroatoms. The van der Waals surface area contributed by atoms with E-state index in [0.29, 0.717) is 22.9 Å². The van der Waals surface area contributed by atoms with Gasteiger partial charge in [0.1, 0.15) is 22.8 Å². The van der Waals surface area contributed by atoms with E-state index in [-0.39, 0.29) is 11.3 Å². The number of carbonyl (C=O) groups excluding carboxylic acids is 1. The number of amides is 1. The predicted molar refractivity (Wildman–Crippen MR) is 105 cm³/mol. The molecule has 1 N–H and O–H groups in total. The van der Waals surface area contributed by atoms with Gasteiger partial charge in [-0.05, 0) is 61.0 Å². The lowest BCUT2D eigenvalue weighted by Crippen LogP contribution is -2.14. The number of nitro benzene ring substituents is 1. The van der Waals surface area contributed by atoms with Crippen LogP contribution in [0.5, 0.6) is 17.2 Å². The van der Waals surface area contributed by atoms with Crippen LogP contribution in [-0.2, 0) is 0 Å². The first-order valence-corrected chi connectivity index (χ1v) is 8.44. The van der Waals surface area contributed by atoms with Crippen LogP contribution in [0.25, 0.3) is 0 Å². The lowest BCUT2D eigenvalue weighted by atomic mass is 10.1. The minimum atomic E-state index is -0.604. The van der Waals surface area contributed by atoms with E-state index in [2.05, 4.69) is 5.32 Å². The molecule has 0 aliphatic heterocycles. The van der Waals surface area contributed by atoms with Crippen molar-refractivity contribution in [2.75, 3.05) is 12.4 Å². The van der Waals surface area contributed by atoms with Gasteiger partial charge in [-0.2, -0.15) is 0 Å². The second-order valence-electron chi connectivity index (χ2n) is 6.04. The molecule has 0 bridgehead atoms. The van der Waals surface area contributed by atoms with Gasteiger partial charge in [-0.1, -0.05) is 12.1 Å². The summed E-state index contributed by atoms with van der Waals surface area (Å²) in [5.74, 6) is 1.08. The first-order valence-electron chi connectivity index (χ1n) is 8.44. The molecule has 142 valence electrons. The molecule has 0 saturated carbocycles. The number of rotatable bonds is 6. The summed E-state index contributed by atoms with van der Waals surface area (Å²) in [6.07, 6.45) is 0. The summed E-state index contributed by atoms with van der Waals surface area (Å²) in [5, 5.41) is 13.8. The molecule has 0 unspecified atom stereocenters. The van der Waals surface area contributed by atoms with Crippen molar-refractivity contribution in [3.05, 3.63) is 88.0 Å². The van der Waals surface area contributed by atoms with Crippen LogP contribution in [0.1, 0.15) is 15.9 Å². The van der Waals surface area contributed by atoms with Crippen molar-refractivity contribution in [2.24, 2.45) is 0 Å². The maximum atomic E-state index is 12.5.